The second-order valence-corrected chi connectivity index (χ2v) is 5.32. The van der Waals surface area contributed by atoms with E-state index in [-0.39, 0.29) is 5.91 Å². The Bertz CT molecular complexity index is 207. The van der Waals surface area contributed by atoms with Crippen molar-refractivity contribution < 1.29 is 14.4 Å². The fourth-order valence-electron chi connectivity index (χ4n) is 0.399. The van der Waals surface area contributed by atoms with Gasteiger partial charge in [-0.1, -0.05) is 20.8 Å². The summed E-state index contributed by atoms with van der Waals surface area (Å²) in [4.78, 5) is 27.2. The molecule has 0 saturated carbocycles. The largest absolute Gasteiger partial charge is 0.340 e. The van der Waals surface area contributed by atoms with Crippen LogP contribution in [-0.4, -0.2) is 11.9 Å². The smallest absolute Gasteiger partial charge is 0.337 e. The molecule has 0 aliphatic rings. The number of hydrogen-bond donors (Lipinski definition) is 1. The van der Waals surface area contributed by atoms with Crippen molar-refractivity contribution in [2.45, 2.75) is 41.5 Å². The first-order valence-electron chi connectivity index (χ1n) is 4.57. The standard InChI is InChI=1S/C10H19NO3/c1-9(2,3)7(12)11-14-8(13)10(4,5)6/h1-6H3,(H,11,12). The second-order valence-electron chi connectivity index (χ2n) is 5.32. The van der Waals surface area contributed by atoms with Gasteiger partial charge in [-0.15, -0.1) is 0 Å². The van der Waals surface area contributed by atoms with Crippen molar-refractivity contribution >= 4 is 11.9 Å². The molecule has 0 spiro atoms. The lowest BCUT2D eigenvalue weighted by atomic mass is 9.96. The minimum Gasteiger partial charge on any atom is -0.340 e. The van der Waals surface area contributed by atoms with Crippen LogP contribution in [0.4, 0.5) is 0 Å². The number of carbonyl (C=O) groups is 2. The molecule has 4 heteroatoms. The summed E-state index contributed by atoms with van der Waals surface area (Å²) < 4.78 is 0. The molecule has 0 saturated heterocycles. The van der Waals surface area contributed by atoms with Crippen LogP contribution in [0.5, 0.6) is 0 Å². The molecular formula is C10H19NO3. The average molecular weight is 201 g/mol. The SMILES string of the molecule is CC(C)(C)C(=O)NOC(=O)C(C)(C)C. The third kappa shape index (κ3) is 4.25. The summed E-state index contributed by atoms with van der Waals surface area (Å²) in [6.07, 6.45) is 0. The third-order valence-corrected chi connectivity index (χ3v) is 1.53. The summed E-state index contributed by atoms with van der Waals surface area (Å²) in [6.45, 7) is 10.4. The number of rotatable bonds is 0. The number of hydroxylamine groups is 1. The molecule has 1 amide bonds. The van der Waals surface area contributed by atoms with Crippen molar-refractivity contribution in [3.05, 3.63) is 0 Å². The van der Waals surface area contributed by atoms with Gasteiger partial charge in [0.1, 0.15) is 0 Å². The van der Waals surface area contributed by atoms with Gasteiger partial charge in [0, 0.05) is 5.41 Å². The molecule has 0 aromatic carbocycles. The molecule has 0 aliphatic carbocycles. The molecule has 0 radical (unpaired) electrons. The number of hydrogen-bond acceptors (Lipinski definition) is 3. The van der Waals surface area contributed by atoms with Crippen LogP contribution in [-0.2, 0) is 14.4 Å². The van der Waals surface area contributed by atoms with E-state index in [0.29, 0.717) is 0 Å². The lowest BCUT2D eigenvalue weighted by Crippen LogP contribution is -2.39. The minimum atomic E-state index is -0.606. The van der Waals surface area contributed by atoms with Gasteiger partial charge in [-0.2, -0.15) is 5.48 Å². The lowest BCUT2D eigenvalue weighted by Gasteiger charge is -2.20. The summed E-state index contributed by atoms with van der Waals surface area (Å²) >= 11 is 0. The minimum absolute atomic E-state index is 0.310. The third-order valence-electron chi connectivity index (χ3n) is 1.53. The highest BCUT2D eigenvalue weighted by molar-refractivity contribution is 5.83. The van der Waals surface area contributed by atoms with Gasteiger partial charge < -0.3 is 4.84 Å². The molecule has 0 aromatic heterocycles. The Balaban J connectivity index is 4.10. The van der Waals surface area contributed by atoms with Crippen LogP contribution in [0, 0.1) is 10.8 Å². The quantitative estimate of drug-likeness (QED) is 0.606. The van der Waals surface area contributed by atoms with E-state index in [9.17, 15) is 9.59 Å². The van der Waals surface area contributed by atoms with Crippen LogP contribution in [0.3, 0.4) is 0 Å². The van der Waals surface area contributed by atoms with Gasteiger partial charge in [-0.3, -0.25) is 4.79 Å². The molecule has 0 heterocycles. The molecule has 0 aromatic rings. The first-order chi connectivity index (χ1) is 6.05. The molecule has 14 heavy (non-hydrogen) atoms. The molecule has 0 fully saturated rings. The van der Waals surface area contributed by atoms with Crippen molar-refractivity contribution in [1.29, 1.82) is 0 Å². The highest BCUT2D eigenvalue weighted by Gasteiger charge is 2.27. The van der Waals surface area contributed by atoms with Crippen LogP contribution in [0.2, 0.25) is 0 Å². The topological polar surface area (TPSA) is 55.4 Å². The monoisotopic (exact) mass is 201 g/mol. The molecule has 4 nitrogen and oxygen atoms in total. The van der Waals surface area contributed by atoms with E-state index in [1.54, 1.807) is 41.5 Å². The van der Waals surface area contributed by atoms with Crippen LogP contribution in [0.1, 0.15) is 41.5 Å². The van der Waals surface area contributed by atoms with Gasteiger partial charge in [0.15, 0.2) is 0 Å². The van der Waals surface area contributed by atoms with Crippen molar-refractivity contribution in [3.8, 4) is 0 Å². The summed E-state index contributed by atoms with van der Waals surface area (Å²) in [5, 5.41) is 0. The fourth-order valence-corrected chi connectivity index (χ4v) is 0.399. The molecule has 0 rings (SSSR count). The highest BCUT2D eigenvalue weighted by Crippen LogP contribution is 2.16. The molecule has 0 aliphatic heterocycles. The summed E-state index contributed by atoms with van der Waals surface area (Å²) in [5.41, 5.74) is 0.977. The summed E-state index contributed by atoms with van der Waals surface area (Å²) in [6, 6.07) is 0. The van der Waals surface area contributed by atoms with Crippen molar-refractivity contribution in [2.24, 2.45) is 10.8 Å². The first-order valence-corrected chi connectivity index (χ1v) is 4.57. The Morgan fingerprint density at radius 3 is 1.64 bits per heavy atom. The highest BCUT2D eigenvalue weighted by atomic mass is 16.7. The molecule has 82 valence electrons. The fraction of sp³-hybridized carbons (Fsp3) is 0.800. The maximum Gasteiger partial charge on any atom is 0.337 e. The van der Waals surface area contributed by atoms with Gasteiger partial charge in [-0.05, 0) is 20.8 Å². The summed E-state index contributed by atoms with van der Waals surface area (Å²) in [5.74, 6) is -0.759. The Morgan fingerprint density at radius 2 is 1.36 bits per heavy atom. The van der Waals surface area contributed by atoms with E-state index in [2.05, 4.69) is 10.3 Å². The van der Waals surface area contributed by atoms with E-state index in [1.807, 2.05) is 0 Å². The van der Waals surface area contributed by atoms with Gasteiger partial charge in [-0.25, -0.2) is 4.79 Å². The molecular weight excluding hydrogens is 182 g/mol. The Labute approximate surface area is 85.0 Å². The van der Waals surface area contributed by atoms with Crippen LogP contribution >= 0.6 is 0 Å². The van der Waals surface area contributed by atoms with Gasteiger partial charge in [0.2, 0.25) is 0 Å². The Morgan fingerprint density at radius 1 is 0.929 bits per heavy atom. The average Bonchev–Trinajstić information content (AvgIpc) is 1.95. The predicted octanol–water partition coefficient (Wildman–Crippen LogP) is 1.65. The number of carbonyl (C=O) groups excluding carboxylic acids is 2. The lowest BCUT2D eigenvalue weighted by molar-refractivity contribution is -0.168. The maximum absolute atomic E-state index is 11.3. The van der Waals surface area contributed by atoms with Crippen molar-refractivity contribution in [3.63, 3.8) is 0 Å². The van der Waals surface area contributed by atoms with Crippen LogP contribution in [0.15, 0.2) is 0 Å². The zero-order valence-electron chi connectivity index (χ0n) is 9.72. The van der Waals surface area contributed by atoms with Crippen LogP contribution in [0.25, 0.3) is 0 Å². The maximum atomic E-state index is 11.3. The summed E-state index contributed by atoms with van der Waals surface area (Å²) in [7, 11) is 0. The van der Waals surface area contributed by atoms with Gasteiger partial charge in [0.25, 0.3) is 5.91 Å². The molecule has 1 N–H and O–H groups in total. The van der Waals surface area contributed by atoms with Gasteiger partial charge in [0.05, 0.1) is 5.41 Å². The number of nitrogens with one attached hydrogen (secondary N) is 1. The first kappa shape index (κ1) is 12.9. The van der Waals surface area contributed by atoms with Crippen molar-refractivity contribution in [2.75, 3.05) is 0 Å². The molecule has 0 unspecified atom stereocenters. The van der Waals surface area contributed by atoms with Gasteiger partial charge >= 0.3 is 5.97 Å². The van der Waals surface area contributed by atoms with E-state index in [4.69, 9.17) is 0 Å². The number of amides is 1. The molecule has 0 bridgehead atoms. The Kier molecular flexibility index (Phi) is 3.68. The van der Waals surface area contributed by atoms with Crippen molar-refractivity contribution in [1.82, 2.24) is 5.48 Å². The molecule has 0 atom stereocenters. The van der Waals surface area contributed by atoms with E-state index in [1.165, 1.54) is 0 Å². The van der Waals surface area contributed by atoms with Crippen LogP contribution < -0.4 is 5.48 Å². The normalized spacial score (nSPS) is 12.1. The predicted molar refractivity (Wildman–Crippen MR) is 53.1 cm³/mol. The van der Waals surface area contributed by atoms with E-state index in [0.717, 1.165) is 0 Å². The Hall–Kier alpha value is -1.06. The second kappa shape index (κ2) is 3.98. The van der Waals surface area contributed by atoms with E-state index >= 15 is 0 Å². The zero-order valence-corrected chi connectivity index (χ0v) is 9.72. The van der Waals surface area contributed by atoms with E-state index < -0.39 is 16.8 Å². The zero-order chi connectivity index (χ0) is 11.6.